The maximum absolute atomic E-state index is 8.45. The highest BCUT2D eigenvalue weighted by Gasteiger charge is 2.19. The van der Waals surface area contributed by atoms with Crippen LogP contribution < -0.4 is 5.32 Å². The van der Waals surface area contributed by atoms with E-state index in [9.17, 15) is 0 Å². The SMILES string of the molecule is CC(C)(C)c1nsc(NCC#CCO)n1. The Balaban J connectivity index is 2.54. The third-order valence-electron chi connectivity index (χ3n) is 1.63. The molecule has 82 valence electrons. The molecule has 0 aliphatic rings. The Hall–Kier alpha value is -1.12. The van der Waals surface area contributed by atoms with E-state index in [0.29, 0.717) is 6.54 Å². The third kappa shape index (κ3) is 3.86. The molecule has 0 saturated carbocycles. The maximum Gasteiger partial charge on any atom is 0.203 e. The smallest absolute Gasteiger partial charge is 0.203 e. The molecule has 1 rings (SSSR count). The molecule has 4 nitrogen and oxygen atoms in total. The summed E-state index contributed by atoms with van der Waals surface area (Å²) in [5.41, 5.74) is -0.0206. The Morgan fingerprint density at radius 3 is 2.67 bits per heavy atom. The first-order chi connectivity index (χ1) is 7.04. The van der Waals surface area contributed by atoms with Crippen molar-refractivity contribution in [3.63, 3.8) is 0 Å². The summed E-state index contributed by atoms with van der Waals surface area (Å²) in [4.78, 5) is 4.35. The minimum atomic E-state index is -0.106. The summed E-state index contributed by atoms with van der Waals surface area (Å²) >= 11 is 1.33. The van der Waals surface area contributed by atoms with Crippen molar-refractivity contribution in [2.75, 3.05) is 18.5 Å². The molecular weight excluding hydrogens is 210 g/mol. The lowest BCUT2D eigenvalue weighted by atomic mass is 9.96. The first-order valence-corrected chi connectivity index (χ1v) is 5.46. The first-order valence-electron chi connectivity index (χ1n) is 4.68. The molecule has 0 unspecified atom stereocenters. The van der Waals surface area contributed by atoms with Gasteiger partial charge in [0.15, 0.2) is 0 Å². The van der Waals surface area contributed by atoms with Gasteiger partial charge >= 0.3 is 0 Å². The molecule has 0 bridgehead atoms. The molecular formula is C10H15N3OS. The van der Waals surface area contributed by atoms with Gasteiger partial charge in [-0.25, -0.2) is 4.98 Å². The quantitative estimate of drug-likeness (QED) is 0.744. The van der Waals surface area contributed by atoms with Crippen LogP contribution in [0.3, 0.4) is 0 Å². The number of aliphatic hydroxyl groups excluding tert-OH is 1. The van der Waals surface area contributed by atoms with E-state index in [1.165, 1.54) is 11.5 Å². The second-order valence-electron chi connectivity index (χ2n) is 4.04. The van der Waals surface area contributed by atoms with Crippen LogP contribution in [0.4, 0.5) is 5.13 Å². The molecule has 1 aromatic heterocycles. The largest absolute Gasteiger partial charge is 0.384 e. The summed E-state index contributed by atoms with van der Waals surface area (Å²) in [6.45, 7) is 6.60. The molecule has 5 heteroatoms. The first kappa shape index (κ1) is 12.0. The van der Waals surface area contributed by atoms with Crippen molar-refractivity contribution in [1.82, 2.24) is 9.36 Å². The fourth-order valence-corrected chi connectivity index (χ4v) is 1.59. The van der Waals surface area contributed by atoms with Gasteiger partial charge in [-0.05, 0) is 0 Å². The molecule has 1 aromatic rings. The number of aliphatic hydroxyl groups is 1. The summed E-state index contributed by atoms with van der Waals surface area (Å²) < 4.78 is 4.26. The van der Waals surface area contributed by atoms with E-state index in [-0.39, 0.29) is 12.0 Å². The zero-order valence-corrected chi connectivity index (χ0v) is 9.98. The highest BCUT2D eigenvalue weighted by Crippen LogP contribution is 2.22. The predicted octanol–water partition coefficient (Wildman–Crippen LogP) is 1.24. The normalized spacial score (nSPS) is 10.7. The van der Waals surface area contributed by atoms with E-state index >= 15 is 0 Å². The van der Waals surface area contributed by atoms with Crippen LogP contribution in [0.25, 0.3) is 0 Å². The van der Waals surface area contributed by atoms with Crippen LogP contribution in [0, 0.1) is 11.8 Å². The Bertz CT molecular complexity index is 370. The Morgan fingerprint density at radius 2 is 2.13 bits per heavy atom. The lowest BCUT2D eigenvalue weighted by Crippen LogP contribution is -2.13. The Morgan fingerprint density at radius 1 is 1.40 bits per heavy atom. The molecule has 0 aliphatic carbocycles. The number of aromatic nitrogens is 2. The van der Waals surface area contributed by atoms with Crippen molar-refractivity contribution >= 4 is 16.7 Å². The van der Waals surface area contributed by atoms with E-state index in [2.05, 4.69) is 47.3 Å². The third-order valence-corrected chi connectivity index (χ3v) is 2.30. The predicted molar refractivity (Wildman–Crippen MR) is 62.0 cm³/mol. The molecule has 15 heavy (non-hydrogen) atoms. The van der Waals surface area contributed by atoms with Crippen LogP contribution in [0.5, 0.6) is 0 Å². The van der Waals surface area contributed by atoms with Crippen LogP contribution in [0.1, 0.15) is 26.6 Å². The number of hydrogen-bond donors (Lipinski definition) is 2. The highest BCUT2D eigenvalue weighted by molar-refractivity contribution is 7.09. The van der Waals surface area contributed by atoms with E-state index in [4.69, 9.17) is 5.11 Å². The second-order valence-corrected chi connectivity index (χ2v) is 4.79. The van der Waals surface area contributed by atoms with Crippen LogP contribution in [0.2, 0.25) is 0 Å². The molecule has 0 aromatic carbocycles. The molecule has 0 fully saturated rings. The van der Waals surface area contributed by atoms with Gasteiger partial charge < -0.3 is 10.4 Å². The molecule has 0 saturated heterocycles. The number of nitrogens with one attached hydrogen (secondary N) is 1. The Labute approximate surface area is 93.9 Å². The van der Waals surface area contributed by atoms with E-state index < -0.39 is 0 Å². The summed E-state index contributed by atoms with van der Waals surface area (Å²) in [7, 11) is 0. The standard InChI is InChI=1S/C10H15N3OS/c1-10(2,3)8-12-9(15-13-8)11-6-4-5-7-14/h14H,6-7H2,1-3H3,(H,11,12,13). The average molecular weight is 225 g/mol. The van der Waals surface area contributed by atoms with Crippen LogP contribution >= 0.6 is 11.5 Å². The van der Waals surface area contributed by atoms with Crippen molar-refractivity contribution in [3.05, 3.63) is 5.82 Å². The molecule has 0 radical (unpaired) electrons. The number of anilines is 1. The minimum Gasteiger partial charge on any atom is -0.384 e. The van der Waals surface area contributed by atoms with Crippen LogP contribution in [-0.2, 0) is 5.41 Å². The topological polar surface area (TPSA) is 58.0 Å². The van der Waals surface area contributed by atoms with Crippen molar-refractivity contribution in [3.8, 4) is 11.8 Å². The maximum atomic E-state index is 8.45. The van der Waals surface area contributed by atoms with Gasteiger partial charge in [0.05, 0.1) is 6.54 Å². The van der Waals surface area contributed by atoms with E-state index in [0.717, 1.165) is 11.0 Å². The number of hydrogen-bond acceptors (Lipinski definition) is 5. The number of nitrogens with zero attached hydrogens (tertiary/aromatic N) is 2. The van der Waals surface area contributed by atoms with Gasteiger partial charge in [-0.1, -0.05) is 32.6 Å². The van der Waals surface area contributed by atoms with Gasteiger partial charge in [0.1, 0.15) is 12.4 Å². The van der Waals surface area contributed by atoms with Gasteiger partial charge in [-0.2, -0.15) is 4.37 Å². The summed E-state index contributed by atoms with van der Waals surface area (Å²) in [6, 6.07) is 0. The fourth-order valence-electron chi connectivity index (χ4n) is 0.838. The summed E-state index contributed by atoms with van der Waals surface area (Å²) in [5, 5.41) is 12.3. The lowest BCUT2D eigenvalue weighted by molar-refractivity contribution is 0.350. The second kappa shape index (κ2) is 5.10. The zero-order valence-electron chi connectivity index (χ0n) is 9.16. The molecule has 0 atom stereocenters. The van der Waals surface area contributed by atoms with Gasteiger partial charge in [-0.3, -0.25) is 0 Å². The average Bonchev–Trinajstić information content (AvgIpc) is 2.60. The highest BCUT2D eigenvalue weighted by atomic mass is 32.1. The molecule has 0 amide bonds. The van der Waals surface area contributed by atoms with Crippen molar-refractivity contribution in [2.45, 2.75) is 26.2 Å². The zero-order chi connectivity index (χ0) is 11.3. The molecule has 1 heterocycles. The van der Waals surface area contributed by atoms with Gasteiger partial charge in [0, 0.05) is 16.9 Å². The minimum absolute atomic E-state index is 0.0206. The van der Waals surface area contributed by atoms with E-state index in [1.54, 1.807) is 0 Å². The van der Waals surface area contributed by atoms with Crippen molar-refractivity contribution in [1.29, 1.82) is 0 Å². The van der Waals surface area contributed by atoms with Gasteiger partial charge in [0.25, 0.3) is 0 Å². The van der Waals surface area contributed by atoms with Crippen LogP contribution in [0.15, 0.2) is 0 Å². The van der Waals surface area contributed by atoms with Crippen LogP contribution in [-0.4, -0.2) is 27.6 Å². The Kier molecular flexibility index (Phi) is 4.06. The fraction of sp³-hybridized carbons (Fsp3) is 0.600. The monoisotopic (exact) mass is 225 g/mol. The molecule has 0 aliphatic heterocycles. The van der Waals surface area contributed by atoms with E-state index in [1.807, 2.05) is 0 Å². The van der Waals surface area contributed by atoms with Gasteiger partial charge in [0.2, 0.25) is 5.13 Å². The molecule has 2 N–H and O–H groups in total. The van der Waals surface area contributed by atoms with Crippen molar-refractivity contribution < 1.29 is 5.11 Å². The molecule has 0 spiro atoms. The lowest BCUT2D eigenvalue weighted by Gasteiger charge is -2.12. The van der Waals surface area contributed by atoms with Crippen molar-refractivity contribution in [2.24, 2.45) is 0 Å². The summed E-state index contributed by atoms with van der Waals surface area (Å²) in [6.07, 6.45) is 0. The van der Waals surface area contributed by atoms with Gasteiger partial charge in [-0.15, -0.1) is 0 Å². The number of rotatable bonds is 2. The summed E-state index contributed by atoms with van der Waals surface area (Å²) in [5.74, 6) is 6.15.